The van der Waals surface area contributed by atoms with Crippen LogP contribution in [-0.4, -0.2) is 22.2 Å². The number of halogens is 2. The molecule has 1 N–H and O–H groups in total. The second kappa shape index (κ2) is 8.51. The Bertz CT molecular complexity index is 1120. The monoisotopic (exact) mass is 426 g/mol. The minimum atomic E-state index is -0.694. The zero-order valence-electron chi connectivity index (χ0n) is 15.3. The molecule has 0 radical (unpaired) electrons. The standard InChI is InChI=1S/C21H16Cl2N4O2/c1-24-19-16(6-4-12-25-19)20-26-21(29-27-20)18(15-5-2-3-7-17(15)23)28-14-10-8-13(22)9-11-14/h2-12,18H,1H3,(H,24,25). The summed E-state index contributed by atoms with van der Waals surface area (Å²) in [6.45, 7) is 0. The van der Waals surface area contributed by atoms with Gasteiger partial charge in [-0.05, 0) is 42.5 Å². The molecule has 0 aliphatic carbocycles. The van der Waals surface area contributed by atoms with Gasteiger partial charge in [-0.1, -0.05) is 46.6 Å². The third kappa shape index (κ3) is 4.18. The summed E-state index contributed by atoms with van der Waals surface area (Å²) in [5.41, 5.74) is 1.42. The molecule has 0 amide bonds. The highest BCUT2D eigenvalue weighted by molar-refractivity contribution is 6.31. The highest BCUT2D eigenvalue weighted by Gasteiger charge is 2.26. The Kier molecular flexibility index (Phi) is 5.64. The third-order valence-electron chi connectivity index (χ3n) is 4.21. The summed E-state index contributed by atoms with van der Waals surface area (Å²) in [5, 5.41) is 8.28. The van der Waals surface area contributed by atoms with E-state index in [0.717, 1.165) is 5.56 Å². The van der Waals surface area contributed by atoms with Crippen molar-refractivity contribution in [1.82, 2.24) is 15.1 Å². The van der Waals surface area contributed by atoms with Crippen LogP contribution in [0.4, 0.5) is 5.82 Å². The molecule has 29 heavy (non-hydrogen) atoms. The van der Waals surface area contributed by atoms with Crippen LogP contribution >= 0.6 is 23.2 Å². The van der Waals surface area contributed by atoms with Crippen molar-refractivity contribution in [3.05, 3.63) is 88.4 Å². The summed E-state index contributed by atoms with van der Waals surface area (Å²) >= 11 is 12.4. The maximum atomic E-state index is 6.42. The molecule has 0 spiro atoms. The quantitative estimate of drug-likeness (QED) is 0.429. The van der Waals surface area contributed by atoms with Crippen LogP contribution in [0.1, 0.15) is 17.6 Å². The normalized spacial score (nSPS) is 11.8. The van der Waals surface area contributed by atoms with Crippen LogP contribution in [0.2, 0.25) is 10.0 Å². The van der Waals surface area contributed by atoms with Gasteiger partial charge in [0, 0.05) is 28.9 Å². The van der Waals surface area contributed by atoms with Crippen LogP contribution in [0.25, 0.3) is 11.4 Å². The fourth-order valence-electron chi connectivity index (χ4n) is 2.82. The first-order valence-corrected chi connectivity index (χ1v) is 9.54. The molecule has 146 valence electrons. The van der Waals surface area contributed by atoms with Crippen molar-refractivity contribution in [3.8, 4) is 17.1 Å². The number of hydrogen-bond donors (Lipinski definition) is 1. The minimum absolute atomic E-state index is 0.272. The van der Waals surface area contributed by atoms with Gasteiger partial charge in [-0.25, -0.2) is 4.98 Å². The molecule has 4 rings (SSSR count). The zero-order chi connectivity index (χ0) is 20.2. The van der Waals surface area contributed by atoms with E-state index in [1.165, 1.54) is 0 Å². The zero-order valence-corrected chi connectivity index (χ0v) is 16.9. The largest absolute Gasteiger partial charge is 0.476 e. The Morgan fingerprint density at radius 3 is 2.55 bits per heavy atom. The van der Waals surface area contributed by atoms with E-state index < -0.39 is 6.10 Å². The molecule has 0 bridgehead atoms. The minimum Gasteiger partial charge on any atom is -0.476 e. The number of nitrogens with zero attached hydrogens (tertiary/aromatic N) is 3. The van der Waals surface area contributed by atoms with Gasteiger partial charge in [0.05, 0.1) is 5.56 Å². The number of benzene rings is 2. The van der Waals surface area contributed by atoms with Crippen molar-refractivity contribution >= 4 is 29.0 Å². The summed E-state index contributed by atoms with van der Waals surface area (Å²) < 4.78 is 11.7. The van der Waals surface area contributed by atoms with E-state index in [2.05, 4.69) is 20.4 Å². The second-order valence-electron chi connectivity index (χ2n) is 6.08. The maximum absolute atomic E-state index is 6.42. The number of nitrogens with one attached hydrogen (secondary N) is 1. The Morgan fingerprint density at radius 2 is 1.79 bits per heavy atom. The molecule has 0 saturated carbocycles. The predicted molar refractivity (Wildman–Crippen MR) is 112 cm³/mol. The van der Waals surface area contributed by atoms with E-state index in [-0.39, 0.29) is 5.89 Å². The summed E-state index contributed by atoms with van der Waals surface area (Å²) in [4.78, 5) is 8.83. The van der Waals surface area contributed by atoms with Crippen molar-refractivity contribution < 1.29 is 9.26 Å². The number of ether oxygens (including phenoxy) is 1. The molecular formula is C21H16Cl2N4O2. The SMILES string of the molecule is CNc1ncccc1-c1noc(C(Oc2ccc(Cl)cc2)c2ccccc2Cl)n1. The molecule has 6 nitrogen and oxygen atoms in total. The number of aromatic nitrogens is 3. The first-order chi connectivity index (χ1) is 14.2. The average Bonchev–Trinajstić information content (AvgIpc) is 3.24. The molecule has 1 atom stereocenters. The van der Waals surface area contributed by atoms with Crippen LogP contribution in [0, 0.1) is 0 Å². The topological polar surface area (TPSA) is 73.1 Å². The Hall–Kier alpha value is -3.09. The molecular weight excluding hydrogens is 411 g/mol. The molecule has 0 aliphatic rings. The number of pyridine rings is 1. The lowest BCUT2D eigenvalue weighted by Crippen LogP contribution is -2.10. The fourth-order valence-corrected chi connectivity index (χ4v) is 3.18. The Labute approximate surface area is 177 Å². The van der Waals surface area contributed by atoms with E-state index in [1.807, 2.05) is 30.3 Å². The maximum Gasteiger partial charge on any atom is 0.272 e. The summed E-state index contributed by atoms with van der Waals surface area (Å²) in [6.07, 6.45) is 0.993. The molecule has 2 heterocycles. The van der Waals surface area contributed by atoms with Gasteiger partial charge in [0.15, 0.2) is 0 Å². The Morgan fingerprint density at radius 1 is 1.00 bits per heavy atom. The van der Waals surface area contributed by atoms with Gasteiger partial charge in [0.25, 0.3) is 5.89 Å². The van der Waals surface area contributed by atoms with Gasteiger partial charge >= 0.3 is 0 Å². The lowest BCUT2D eigenvalue weighted by Gasteiger charge is -2.17. The first-order valence-electron chi connectivity index (χ1n) is 8.79. The molecule has 0 aliphatic heterocycles. The van der Waals surface area contributed by atoms with E-state index in [9.17, 15) is 0 Å². The molecule has 1 unspecified atom stereocenters. The highest BCUT2D eigenvalue weighted by atomic mass is 35.5. The molecule has 8 heteroatoms. The summed E-state index contributed by atoms with van der Waals surface area (Å²) in [7, 11) is 1.78. The smallest absolute Gasteiger partial charge is 0.272 e. The second-order valence-corrected chi connectivity index (χ2v) is 6.92. The lowest BCUT2D eigenvalue weighted by atomic mass is 10.1. The van der Waals surface area contributed by atoms with Crippen LogP contribution in [-0.2, 0) is 0 Å². The number of rotatable bonds is 6. The van der Waals surface area contributed by atoms with Gasteiger partial charge in [0.2, 0.25) is 11.9 Å². The van der Waals surface area contributed by atoms with Gasteiger partial charge in [0.1, 0.15) is 11.6 Å². The van der Waals surface area contributed by atoms with Gasteiger partial charge in [-0.3, -0.25) is 0 Å². The molecule has 0 fully saturated rings. The van der Waals surface area contributed by atoms with Crippen molar-refractivity contribution in [3.63, 3.8) is 0 Å². The van der Waals surface area contributed by atoms with E-state index >= 15 is 0 Å². The number of hydrogen-bond acceptors (Lipinski definition) is 6. The fraction of sp³-hybridized carbons (Fsp3) is 0.0952. The third-order valence-corrected chi connectivity index (χ3v) is 4.80. The number of anilines is 1. The van der Waals surface area contributed by atoms with Crippen molar-refractivity contribution in [2.45, 2.75) is 6.10 Å². The van der Waals surface area contributed by atoms with Crippen LogP contribution in [0.5, 0.6) is 5.75 Å². The summed E-state index contributed by atoms with van der Waals surface area (Å²) in [6, 6.07) is 18.1. The van der Waals surface area contributed by atoms with Crippen LogP contribution in [0.15, 0.2) is 71.4 Å². The lowest BCUT2D eigenvalue weighted by molar-refractivity contribution is 0.193. The van der Waals surface area contributed by atoms with E-state index in [1.54, 1.807) is 43.6 Å². The molecule has 4 aromatic rings. The van der Waals surface area contributed by atoms with Crippen molar-refractivity contribution in [2.75, 3.05) is 12.4 Å². The van der Waals surface area contributed by atoms with Gasteiger partial charge in [-0.15, -0.1) is 0 Å². The van der Waals surface area contributed by atoms with Gasteiger partial charge in [-0.2, -0.15) is 4.98 Å². The van der Waals surface area contributed by atoms with E-state index in [0.29, 0.717) is 33.0 Å². The average molecular weight is 427 g/mol. The molecule has 0 saturated heterocycles. The van der Waals surface area contributed by atoms with Crippen molar-refractivity contribution in [2.24, 2.45) is 0 Å². The molecule has 2 aromatic heterocycles. The van der Waals surface area contributed by atoms with E-state index in [4.69, 9.17) is 32.5 Å². The highest BCUT2D eigenvalue weighted by Crippen LogP contribution is 2.34. The first kappa shape index (κ1) is 19.2. The van der Waals surface area contributed by atoms with Crippen molar-refractivity contribution in [1.29, 1.82) is 0 Å². The summed E-state index contributed by atoms with van der Waals surface area (Å²) in [5.74, 6) is 1.91. The predicted octanol–water partition coefficient (Wildman–Crippen LogP) is 5.65. The van der Waals surface area contributed by atoms with Gasteiger partial charge < -0.3 is 14.6 Å². The van der Waals surface area contributed by atoms with Crippen LogP contribution in [0.3, 0.4) is 0 Å². The van der Waals surface area contributed by atoms with Crippen LogP contribution < -0.4 is 10.1 Å². The Balaban J connectivity index is 1.75. The molecule has 2 aromatic carbocycles.